The molecule has 2 rings (SSSR count). The average Bonchev–Trinajstić information content (AvgIpc) is 2.67. The molecule has 1 N–H and O–H groups in total. The van der Waals surface area contributed by atoms with Crippen LogP contribution in [-0.4, -0.2) is 25.6 Å². The van der Waals surface area contributed by atoms with Crippen LogP contribution in [0, 0.1) is 0 Å². The second kappa shape index (κ2) is 9.45. The van der Waals surface area contributed by atoms with Crippen molar-refractivity contribution in [2.45, 2.75) is 46.5 Å². The number of aromatic carboxylic acids is 1. The number of carboxylic acid groups (broad SMARTS) is 1. The number of carboxylic acids is 1. The summed E-state index contributed by atoms with van der Waals surface area (Å²) in [5, 5.41) is 14.3. The van der Waals surface area contributed by atoms with Crippen LogP contribution in [0.25, 0.3) is 0 Å². The molecule has 0 radical (unpaired) electrons. The molecule has 156 valence electrons. The first-order valence-electron chi connectivity index (χ1n) is 9.70. The van der Waals surface area contributed by atoms with Gasteiger partial charge in [-0.15, -0.1) is 0 Å². The largest absolute Gasteiger partial charge is 0.545 e. The Hall–Kier alpha value is -3.02. The van der Waals surface area contributed by atoms with Gasteiger partial charge in [0.15, 0.2) is 11.5 Å². The zero-order valence-electron chi connectivity index (χ0n) is 17.8. The second-order valence-electron chi connectivity index (χ2n) is 7.38. The molecule has 0 spiro atoms. The number of rotatable bonds is 8. The summed E-state index contributed by atoms with van der Waals surface area (Å²) in [6, 6.07) is 8.48. The summed E-state index contributed by atoms with van der Waals surface area (Å²) in [5.74, 6) is -0.739. The topological polar surface area (TPSA) is 87.7 Å². The predicted molar refractivity (Wildman–Crippen MR) is 111 cm³/mol. The maximum absolute atomic E-state index is 13.0. The summed E-state index contributed by atoms with van der Waals surface area (Å²) in [6.45, 7) is 10.4. The van der Waals surface area contributed by atoms with Crippen LogP contribution in [0.1, 0.15) is 78.3 Å². The zero-order chi connectivity index (χ0) is 21.7. The fourth-order valence-corrected chi connectivity index (χ4v) is 3.07. The van der Waals surface area contributed by atoms with E-state index in [1.807, 2.05) is 26.0 Å². The molecule has 2 aromatic rings. The van der Waals surface area contributed by atoms with Gasteiger partial charge in [0.2, 0.25) is 0 Å². The standard InChI is InChI=1S/C23H29NO5/c1-7-29-21-12-19(18(23(26)27)11-20(21)28-6)24-22(25)16-9-8-15(13(2)3)10-17(16)14(4)5/h8-14H,7H2,1-6H3,(H,24,25)(H,26,27)/p-1. The molecule has 1 amide bonds. The van der Waals surface area contributed by atoms with Gasteiger partial charge in [0.1, 0.15) is 0 Å². The molecule has 0 saturated carbocycles. The molecular weight excluding hydrogens is 370 g/mol. The third kappa shape index (κ3) is 5.08. The van der Waals surface area contributed by atoms with Crippen LogP contribution >= 0.6 is 0 Å². The molecule has 0 atom stereocenters. The lowest BCUT2D eigenvalue weighted by Gasteiger charge is -2.19. The average molecular weight is 398 g/mol. The molecule has 0 heterocycles. The Morgan fingerprint density at radius 2 is 1.69 bits per heavy atom. The molecule has 0 aliphatic heterocycles. The van der Waals surface area contributed by atoms with E-state index in [4.69, 9.17) is 9.47 Å². The smallest absolute Gasteiger partial charge is 0.255 e. The first-order valence-corrected chi connectivity index (χ1v) is 9.70. The van der Waals surface area contributed by atoms with Crippen LogP contribution in [0.4, 0.5) is 5.69 Å². The van der Waals surface area contributed by atoms with Gasteiger partial charge in [-0.05, 0) is 42.0 Å². The third-order valence-electron chi connectivity index (χ3n) is 4.68. The summed E-state index contributed by atoms with van der Waals surface area (Å²) in [6.07, 6.45) is 0. The normalized spacial score (nSPS) is 10.9. The number of nitrogens with one attached hydrogen (secondary N) is 1. The van der Waals surface area contributed by atoms with E-state index in [-0.39, 0.29) is 28.8 Å². The van der Waals surface area contributed by atoms with Crippen LogP contribution in [0.15, 0.2) is 30.3 Å². The number of anilines is 1. The highest BCUT2D eigenvalue weighted by molar-refractivity contribution is 6.08. The molecule has 29 heavy (non-hydrogen) atoms. The van der Waals surface area contributed by atoms with Gasteiger partial charge in [0.25, 0.3) is 5.91 Å². The maximum Gasteiger partial charge on any atom is 0.255 e. The van der Waals surface area contributed by atoms with Crippen molar-refractivity contribution < 1.29 is 24.2 Å². The Labute approximate surface area is 171 Å². The lowest BCUT2D eigenvalue weighted by molar-refractivity contribution is -0.254. The van der Waals surface area contributed by atoms with Crippen molar-refractivity contribution in [1.82, 2.24) is 0 Å². The van der Waals surface area contributed by atoms with E-state index in [1.165, 1.54) is 19.2 Å². The van der Waals surface area contributed by atoms with Gasteiger partial charge in [-0.25, -0.2) is 0 Å². The molecule has 2 aromatic carbocycles. The minimum atomic E-state index is -1.42. The lowest BCUT2D eigenvalue weighted by Crippen LogP contribution is -2.25. The van der Waals surface area contributed by atoms with Gasteiger partial charge in [0.05, 0.1) is 25.4 Å². The van der Waals surface area contributed by atoms with Gasteiger partial charge in [-0.2, -0.15) is 0 Å². The number of hydrogen-bond donors (Lipinski definition) is 1. The molecule has 6 heteroatoms. The van der Waals surface area contributed by atoms with Crippen molar-refractivity contribution in [3.05, 3.63) is 52.6 Å². The summed E-state index contributed by atoms with van der Waals surface area (Å²) in [7, 11) is 1.42. The molecule has 0 fully saturated rings. The minimum absolute atomic E-state index is 0.0990. The number of carbonyl (C=O) groups excluding carboxylic acids is 2. The van der Waals surface area contributed by atoms with Gasteiger partial charge >= 0.3 is 0 Å². The van der Waals surface area contributed by atoms with E-state index in [9.17, 15) is 14.7 Å². The lowest BCUT2D eigenvalue weighted by atomic mass is 9.91. The number of benzene rings is 2. The van der Waals surface area contributed by atoms with E-state index in [0.717, 1.165) is 11.1 Å². The van der Waals surface area contributed by atoms with E-state index >= 15 is 0 Å². The van der Waals surface area contributed by atoms with Gasteiger partial charge < -0.3 is 24.7 Å². The highest BCUT2D eigenvalue weighted by Crippen LogP contribution is 2.34. The predicted octanol–water partition coefficient (Wildman–Crippen LogP) is 3.96. The summed E-state index contributed by atoms with van der Waals surface area (Å²) in [4.78, 5) is 24.6. The molecule has 0 saturated heterocycles. The van der Waals surface area contributed by atoms with Crippen LogP contribution in [0.5, 0.6) is 11.5 Å². The highest BCUT2D eigenvalue weighted by Gasteiger charge is 2.19. The van der Waals surface area contributed by atoms with E-state index in [0.29, 0.717) is 23.8 Å². The molecule has 0 aromatic heterocycles. The quantitative estimate of drug-likeness (QED) is 0.727. The Morgan fingerprint density at radius 3 is 2.21 bits per heavy atom. The molecule has 0 aliphatic rings. The zero-order valence-corrected chi connectivity index (χ0v) is 17.8. The van der Waals surface area contributed by atoms with E-state index in [2.05, 4.69) is 19.2 Å². The third-order valence-corrected chi connectivity index (χ3v) is 4.68. The SMILES string of the molecule is CCOc1cc(NC(=O)c2ccc(C(C)C)cc2C(C)C)c(C(=O)[O-])cc1OC. The van der Waals surface area contributed by atoms with Crippen molar-refractivity contribution in [2.75, 3.05) is 19.0 Å². The Balaban J connectivity index is 2.49. The molecule has 0 aliphatic carbocycles. The Bertz CT molecular complexity index is 902. The Morgan fingerprint density at radius 1 is 1.00 bits per heavy atom. The number of methoxy groups -OCH3 is 1. The van der Waals surface area contributed by atoms with Crippen LogP contribution in [0.3, 0.4) is 0 Å². The van der Waals surface area contributed by atoms with Crippen molar-refractivity contribution in [3.63, 3.8) is 0 Å². The van der Waals surface area contributed by atoms with Crippen molar-refractivity contribution in [1.29, 1.82) is 0 Å². The fraction of sp³-hybridized carbons (Fsp3) is 0.391. The van der Waals surface area contributed by atoms with Crippen molar-refractivity contribution >= 4 is 17.6 Å². The second-order valence-corrected chi connectivity index (χ2v) is 7.38. The highest BCUT2D eigenvalue weighted by atomic mass is 16.5. The summed E-state index contributed by atoms with van der Waals surface area (Å²) >= 11 is 0. The van der Waals surface area contributed by atoms with Crippen molar-refractivity contribution in [2.24, 2.45) is 0 Å². The van der Waals surface area contributed by atoms with Gasteiger partial charge in [-0.1, -0.05) is 39.8 Å². The van der Waals surface area contributed by atoms with Crippen molar-refractivity contribution in [3.8, 4) is 11.5 Å². The minimum Gasteiger partial charge on any atom is -0.545 e. The van der Waals surface area contributed by atoms with E-state index < -0.39 is 5.97 Å². The van der Waals surface area contributed by atoms with Gasteiger partial charge in [-0.3, -0.25) is 4.79 Å². The molecule has 6 nitrogen and oxygen atoms in total. The van der Waals surface area contributed by atoms with Crippen LogP contribution < -0.4 is 19.9 Å². The van der Waals surface area contributed by atoms with Gasteiger partial charge in [0, 0.05) is 17.2 Å². The monoisotopic (exact) mass is 398 g/mol. The summed E-state index contributed by atoms with van der Waals surface area (Å²) in [5.41, 5.74) is 2.47. The molecular formula is C23H28NO5-. The summed E-state index contributed by atoms with van der Waals surface area (Å²) < 4.78 is 10.7. The number of amides is 1. The fourth-order valence-electron chi connectivity index (χ4n) is 3.07. The molecule has 0 bridgehead atoms. The Kier molecular flexibility index (Phi) is 7.26. The van der Waals surface area contributed by atoms with E-state index in [1.54, 1.807) is 13.0 Å². The molecule has 0 unspecified atom stereocenters. The number of carbonyl (C=O) groups is 2. The van der Waals surface area contributed by atoms with Crippen LogP contribution in [0.2, 0.25) is 0 Å². The number of ether oxygens (including phenoxy) is 2. The maximum atomic E-state index is 13.0. The van der Waals surface area contributed by atoms with Crippen LogP contribution in [-0.2, 0) is 0 Å². The number of hydrogen-bond acceptors (Lipinski definition) is 5. The first kappa shape index (κ1) is 22.3. The first-order chi connectivity index (χ1) is 13.7.